The van der Waals surface area contributed by atoms with Crippen LogP contribution in [-0.2, 0) is 17.6 Å². The van der Waals surface area contributed by atoms with E-state index in [0.29, 0.717) is 0 Å². The first-order valence-electron chi connectivity index (χ1n) is 8.67. The van der Waals surface area contributed by atoms with Crippen LogP contribution in [0.2, 0.25) is 0 Å². The van der Waals surface area contributed by atoms with Crippen molar-refractivity contribution in [2.75, 3.05) is 31.2 Å². The minimum absolute atomic E-state index is 0.275. The van der Waals surface area contributed by atoms with Gasteiger partial charge in [-0.1, -0.05) is 13.3 Å². The smallest absolute Gasteiger partial charge is 0.191 e. The number of rotatable bonds is 2. The molecule has 1 aromatic carbocycles. The summed E-state index contributed by atoms with van der Waals surface area (Å²) >= 11 is 1.84. The maximum atomic E-state index is 12.8. The summed E-state index contributed by atoms with van der Waals surface area (Å²) in [5.41, 5.74) is 2.59. The van der Waals surface area contributed by atoms with Crippen molar-refractivity contribution in [1.29, 1.82) is 0 Å². The van der Waals surface area contributed by atoms with Gasteiger partial charge in [0.25, 0.3) is 0 Å². The van der Waals surface area contributed by atoms with Gasteiger partial charge in [-0.2, -0.15) is 0 Å². The van der Waals surface area contributed by atoms with E-state index >= 15 is 0 Å². The second-order valence-electron chi connectivity index (χ2n) is 6.63. The number of hydrogen-bond donors (Lipinski definition) is 0. The number of fused-ring (bicyclic) bond motifs is 2. The number of anilines is 1. The number of nitrogens with zero attached hydrogens (tertiary/aromatic N) is 1. The monoisotopic (exact) mass is 329 g/mol. The SMILES string of the molecule is CCC1CCc2c(sc3cc(N4CCOCC4)ccc3c2=O)C1. The van der Waals surface area contributed by atoms with E-state index in [0.717, 1.165) is 60.7 Å². The number of benzene rings is 1. The number of hydrogen-bond acceptors (Lipinski definition) is 4. The maximum Gasteiger partial charge on any atom is 0.191 e. The third kappa shape index (κ3) is 2.79. The van der Waals surface area contributed by atoms with Gasteiger partial charge in [0.2, 0.25) is 0 Å². The molecule has 3 nitrogen and oxygen atoms in total. The topological polar surface area (TPSA) is 29.5 Å². The second-order valence-corrected chi connectivity index (χ2v) is 7.77. The summed E-state index contributed by atoms with van der Waals surface area (Å²) in [5, 5.41) is 0.903. The van der Waals surface area contributed by atoms with Crippen molar-refractivity contribution in [3.05, 3.63) is 38.9 Å². The second kappa shape index (κ2) is 6.25. The van der Waals surface area contributed by atoms with Crippen molar-refractivity contribution in [1.82, 2.24) is 0 Å². The lowest BCUT2D eigenvalue weighted by Gasteiger charge is -2.29. The van der Waals surface area contributed by atoms with Gasteiger partial charge in [-0.3, -0.25) is 4.79 Å². The highest BCUT2D eigenvalue weighted by molar-refractivity contribution is 7.18. The zero-order chi connectivity index (χ0) is 15.8. The molecule has 0 amide bonds. The summed E-state index contributed by atoms with van der Waals surface area (Å²) in [6.45, 7) is 5.70. The molecule has 2 aliphatic rings. The fourth-order valence-corrected chi connectivity index (χ4v) is 5.12. The Morgan fingerprint density at radius 1 is 1.30 bits per heavy atom. The molecule has 1 saturated heterocycles. The maximum absolute atomic E-state index is 12.8. The van der Waals surface area contributed by atoms with E-state index in [1.165, 1.54) is 23.4 Å². The molecule has 4 rings (SSSR count). The molecule has 1 atom stereocenters. The van der Waals surface area contributed by atoms with Gasteiger partial charge in [0.1, 0.15) is 0 Å². The van der Waals surface area contributed by atoms with Crippen LogP contribution in [0.25, 0.3) is 10.1 Å². The zero-order valence-corrected chi connectivity index (χ0v) is 14.5. The van der Waals surface area contributed by atoms with Gasteiger partial charge in [-0.05, 0) is 43.4 Å². The predicted octanol–water partition coefficient (Wildman–Crippen LogP) is 3.61. The number of morpholine rings is 1. The van der Waals surface area contributed by atoms with Crippen LogP contribution in [0.15, 0.2) is 23.0 Å². The third-order valence-corrected chi connectivity index (χ3v) is 6.50. The summed E-state index contributed by atoms with van der Waals surface area (Å²) in [6, 6.07) is 6.35. The molecule has 23 heavy (non-hydrogen) atoms. The summed E-state index contributed by atoms with van der Waals surface area (Å²) in [5.74, 6) is 0.748. The lowest BCUT2D eigenvalue weighted by molar-refractivity contribution is 0.122. The highest BCUT2D eigenvalue weighted by atomic mass is 32.1. The molecule has 0 saturated carbocycles. The van der Waals surface area contributed by atoms with E-state index in [1.54, 1.807) is 0 Å². The van der Waals surface area contributed by atoms with Gasteiger partial charge in [-0.15, -0.1) is 11.3 Å². The van der Waals surface area contributed by atoms with Crippen LogP contribution in [0.3, 0.4) is 0 Å². The first kappa shape index (κ1) is 15.2. The van der Waals surface area contributed by atoms with Crippen LogP contribution in [0.5, 0.6) is 0 Å². The fraction of sp³-hybridized carbons (Fsp3) is 0.526. The normalized spacial score (nSPS) is 21.4. The van der Waals surface area contributed by atoms with Crippen molar-refractivity contribution >= 4 is 27.1 Å². The van der Waals surface area contributed by atoms with E-state index in [2.05, 4.69) is 24.0 Å². The zero-order valence-electron chi connectivity index (χ0n) is 13.6. The molecule has 1 aliphatic heterocycles. The molecule has 0 spiro atoms. The van der Waals surface area contributed by atoms with Gasteiger partial charge in [0, 0.05) is 39.3 Å². The van der Waals surface area contributed by atoms with Crippen molar-refractivity contribution in [3.8, 4) is 0 Å². The average Bonchev–Trinajstić information content (AvgIpc) is 2.61. The number of ether oxygens (including phenoxy) is 1. The molecule has 2 aromatic rings. The Hall–Kier alpha value is -1.39. The summed E-state index contributed by atoms with van der Waals surface area (Å²) in [7, 11) is 0. The standard InChI is InChI=1S/C19H23NO2S/c1-2-13-3-5-15-17(11-13)23-18-12-14(4-6-16(18)19(15)21)20-7-9-22-10-8-20/h4,6,12-13H,2-3,5,7-11H2,1H3. The Labute approximate surface area is 140 Å². The Morgan fingerprint density at radius 3 is 2.91 bits per heavy atom. The van der Waals surface area contributed by atoms with Crippen LogP contribution in [-0.4, -0.2) is 26.3 Å². The third-order valence-electron chi connectivity index (χ3n) is 5.28. The molecule has 1 unspecified atom stereocenters. The van der Waals surface area contributed by atoms with E-state index in [1.807, 2.05) is 17.4 Å². The molecule has 1 aromatic heterocycles. The molecule has 0 bridgehead atoms. The Bertz CT molecular complexity index is 777. The minimum atomic E-state index is 0.275. The molecule has 0 radical (unpaired) electrons. The van der Waals surface area contributed by atoms with E-state index in [9.17, 15) is 4.79 Å². The summed E-state index contributed by atoms with van der Waals surface area (Å²) in [6.07, 6.45) is 4.43. The summed E-state index contributed by atoms with van der Waals surface area (Å²) < 4.78 is 6.58. The quantitative estimate of drug-likeness (QED) is 0.843. The molecule has 122 valence electrons. The lowest BCUT2D eigenvalue weighted by atomic mass is 9.87. The highest BCUT2D eigenvalue weighted by Gasteiger charge is 2.22. The molecule has 2 heterocycles. The van der Waals surface area contributed by atoms with E-state index < -0.39 is 0 Å². The van der Waals surface area contributed by atoms with Crippen LogP contribution >= 0.6 is 11.3 Å². The van der Waals surface area contributed by atoms with Crippen LogP contribution in [0.1, 0.15) is 30.2 Å². The van der Waals surface area contributed by atoms with Crippen LogP contribution < -0.4 is 10.3 Å². The Morgan fingerprint density at radius 2 is 2.13 bits per heavy atom. The molecule has 1 aliphatic carbocycles. The van der Waals surface area contributed by atoms with E-state index in [4.69, 9.17) is 4.74 Å². The highest BCUT2D eigenvalue weighted by Crippen LogP contribution is 2.33. The molecule has 0 N–H and O–H groups in total. The van der Waals surface area contributed by atoms with Crippen LogP contribution in [0.4, 0.5) is 5.69 Å². The molecular weight excluding hydrogens is 306 g/mol. The van der Waals surface area contributed by atoms with Gasteiger partial charge in [-0.25, -0.2) is 0 Å². The van der Waals surface area contributed by atoms with Crippen molar-refractivity contribution in [2.24, 2.45) is 5.92 Å². The van der Waals surface area contributed by atoms with Gasteiger partial charge in [0.15, 0.2) is 5.43 Å². The van der Waals surface area contributed by atoms with Gasteiger partial charge in [0.05, 0.1) is 13.2 Å². The minimum Gasteiger partial charge on any atom is -0.378 e. The van der Waals surface area contributed by atoms with Crippen molar-refractivity contribution < 1.29 is 4.74 Å². The van der Waals surface area contributed by atoms with Crippen molar-refractivity contribution in [2.45, 2.75) is 32.6 Å². The molecule has 4 heteroatoms. The fourth-order valence-electron chi connectivity index (χ4n) is 3.76. The lowest BCUT2D eigenvalue weighted by Crippen LogP contribution is -2.36. The van der Waals surface area contributed by atoms with E-state index in [-0.39, 0.29) is 5.43 Å². The molecule has 1 fully saturated rings. The first-order chi connectivity index (χ1) is 11.3. The summed E-state index contributed by atoms with van der Waals surface area (Å²) in [4.78, 5) is 16.5. The first-order valence-corrected chi connectivity index (χ1v) is 9.49. The molecular formula is C19H23NO2S. The predicted molar refractivity (Wildman–Crippen MR) is 96.9 cm³/mol. The van der Waals surface area contributed by atoms with Crippen molar-refractivity contribution in [3.63, 3.8) is 0 Å². The van der Waals surface area contributed by atoms with Gasteiger partial charge < -0.3 is 9.64 Å². The Kier molecular flexibility index (Phi) is 4.12. The Balaban J connectivity index is 1.77. The van der Waals surface area contributed by atoms with Crippen LogP contribution in [0, 0.1) is 5.92 Å². The largest absolute Gasteiger partial charge is 0.378 e. The average molecular weight is 329 g/mol. The van der Waals surface area contributed by atoms with Gasteiger partial charge >= 0.3 is 0 Å².